The van der Waals surface area contributed by atoms with Crippen molar-refractivity contribution in [1.82, 2.24) is 4.90 Å². The number of aldehydes is 1. The van der Waals surface area contributed by atoms with Crippen molar-refractivity contribution in [3.63, 3.8) is 0 Å². The highest BCUT2D eigenvalue weighted by atomic mass is 16.6. The summed E-state index contributed by atoms with van der Waals surface area (Å²) in [4.78, 5) is 35.6. The standard InChI is InChI=1S/C19H26N2O5/c1-20(15-8-3-2-4-9-15)19(23)12-5-6-13-26-18-11-7-10-17(21(24)25)16(18)14-22/h7,10-11,14-15H,2-6,8-9,12-13H2,1H3. The number of ether oxygens (including phenoxy) is 1. The summed E-state index contributed by atoms with van der Waals surface area (Å²) in [6.07, 6.45) is 8.06. The van der Waals surface area contributed by atoms with E-state index in [4.69, 9.17) is 4.74 Å². The lowest BCUT2D eigenvalue weighted by Crippen LogP contribution is -2.38. The molecule has 0 unspecified atom stereocenters. The molecule has 1 aromatic rings. The van der Waals surface area contributed by atoms with E-state index in [0.29, 0.717) is 38.2 Å². The van der Waals surface area contributed by atoms with Crippen LogP contribution in [0.5, 0.6) is 5.75 Å². The zero-order valence-electron chi connectivity index (χ0n) is 15.2. The lowest BCUT2D eigenvalue weighted by molar-refractivity contribution is -0.385. The molecule has 7 heteroatoms. The maximum absolute atomic E-state index is 12.3. The molecule has 0 saturated heterocycles. The number of nitro groups is 1. The number of rotatable bonds is 9. The summed E-state index contributed by atoms with van der Waals surface area (Å²) in [5.41, 5.74) is -0.313. The quantitative estimate of drug-likeness (QED) is 0.289. The molecule has 0 spiro atoms. The van der Waals surface area contributed by atoms with Gasteiger partial charge >= 0.3 is 0 Å². The second kappa shape index (κ2) is 9.89. The van der Waals surface area contributed by atoms with Crippen LogP contribution in [-0.2, 0) is 4.79 Å². The monoisotopic (exact) mass is 362 g/mol. The molecule has 0 atom stereocenters. The molecule has 7 nitrogen and oxygen atoms in total. The Bertz CT molecular complexity index is 641. The van der Waals surface area contributed by atoms with Crippen molar-refractivity contribution < 1.29 is 19.2 Å². The van der Waals surface area contributed by atoms with Crippen LogP contribution >= 0.6 is 0 Å². The maximum Gasteiger partial charge on any atom is 0.283 e. The maximum atomic E-state index is 12.3. The number of amides is 1. The molecule has 1 fully saturated rings. The number of carbonyl (C=O) groups excluding carboxylic acids is 2. The zero-order chi connectivity index (χ0) is 18.9. The number of nitro benzene ring substituents is 1. The Morgan fingerprint density at radius 2 is 2.04 bits per heavy atom. The summed E-state index contributed by atoms with van der Waals surface area (Å²) in [7, 11) is 1.88. The molecule has 1 aliphatic rings. The molecule has 1 aromatic carbocycles. The molecular weight excluding hydrogens is 336 g/mol. The molecule has 142 valence electrons. The zero-order valence-corrected chi connectivity index (χ0v) is 15.2. The van der Waals surface area contributed by atoms with Crippen LogP contribution in [0.1, 0.15) is 61.7 Å². The van der Waals surface area contributed by atoms with Crippen LogP contribution in [0.2, 0.25) is 0 Å². The van der Waals surface area contributed by atoms with Crippen molar-refractivity contribution in [3.8, 4) is 5.75 Å². The van der Waals surface area contributed by atoms with Gasteiger partial charge in [-0.15, -0.1) is 0 Å². The molecule has 0 bridgehead atoms. The van der Waals surface area contributed by atoms with E-state index in [0.717, 1.165) is 12.8 Å². The van der Waals surface area contributed by atoms with E-state index < -0.39 is 4.92 Å². The van der Waals surface area contributed by atoms with Crippen LogP contribution in [0, 0.1) is 10.1 Å². The number of unbranched alkanes of at least 4 members (excludes halogenated alkanes) is 1. The van der Waals surface area contributed by atoms with Gasteiger partial charge in [-0.25, -0.2) is 0 Å². The van der Waals surface area contributed by atoms with Crippen LogP contribution < -0.4 is 4.74 Å². The first-order chi connectivity index (χ1) is 12.5. The van der Waals surface area contributed by atoms with Gasteiger partial charge in [0.2, 0.25) is 5.91 Å². The number of hydrogen-bond donors (Lipinski definition) is 0. The Hall–Kier alpha value is -2.44. The Balaban J connectivity index is 1.75. The Kier molecular flexibility index (Phi) is 7.56. The predicted molar refractivity (Wildman–Crippen MR) is 97.5 cm³/mol. The number of nitrogens with zero attached hydrogens (tertiary/aromatic N) is 2. The van der Waals surface area contributed by atoms with E-state index in [1.165, 1.54) is 31.4 Å². The SMILES string of the molecule is CN(C(=O)CCCCOc1cccc([N+](=O)[O-])c1C=O)C1CCCCC1. The van der Waals surface area contributed by atoms with Gasteiger partial charge in [0.05, 0.1) is 11.5 Å². The molecule has 1 amide bonds. The Labute approximate surface area is 153 Å². The molecule has 0 N–H and O–H groups in total. The van der Waals surface area contributed by atoms with Gasteiger partial charge in [0.1, 0.15) is 11.3 Å². The van der Waals surface area contributed by atoms with Crippen LogP contribution in [0.25, 0.3) is 0 Å². The lowest BCUT2D eigenvalue weighted by atomic mass is 9.94. The Morgan fingerprint density at radius 3 is 2.69 bits per heavy atom. The average molecular weight is 362 g/mol. The van der Waals surface area contributed by atoms with Gasteiger partial charge < -0.3 is 9.64 Å². The van der Waals surface area contributed by atoms with Gasteiger partial charge in [0.15, 0.2) is 6.29 Å². The number of hydrogen-bond acceptors (Lipinski definition) is 5. The van der Waals surface area contributed by atoms with E-state index in [2.05, 4.69) is 0 Å². The normalized spacial score (nSPS) is 14.7. The molecule has 0 heterocycles. The van der Waals surface area contributed by atoms with Gasteiger partial charge in [-0.05, 0) is 31.7 Å². The first kappa shape index (κ1) is 19.9. The summed E-state index contributed by atoms with van der Waals surface area (Å²) in [6, 6.07) is 4.67. The molecule has 2 rings (SSSR count). The number of benzene rings is 1. The molecule has 0 aromatic heterocycles. The van der Waals surface area contributed by atoms with Crippen molar-refractivity contribution in [3.05, 3.63) is 33.9 Å². The Morgan fingerprint density at radius 1 is 1.31 bits per heavy atom. The van der Waals surface area contributed by atoms with Crippen molar-refractivity contribution in [2.75, 3.05) is 13.7 Å². The minimum Gasteiger partial charge on any atom is -0.493 e. The molecule has 1 saturated carbocycles. The van der Waals surface area contributed by atoms with Crippen molar-refractivity contribution in [2.45, 2.75) is 57.4 Å². The largest absolute Gasteiger partial charge is 0.493 e. The van der Waals surface area contributed by atoms with Gasteiger partial charge in [0, 0.05) is 25.6 Å². The van der Waals surface area contributed by atoms with Gasteiger partial charge in [-0.2, -0.15) is 0 Å². The highest BCUT2D eigenvalue weighted by Crippen LogP contribution is 2.26. The first-order valence-corrected chi connectivity index (χ1v) is 9.15. The van der Waals surface area contributed by atoms with Gasteiger partial charge in [-0.1, -0.05) is 25.3 Å². The third-order valence-corrected chi connectivity index (χ3v) is 4.92. The predicted octanol–water partition coefficient (Wildman–Crippen LogP) is 3.75. The summed E-state index contributed by atoms with van der Waals surface area (Å²) in [5.74, 6) is 0.362. The third kappa shape index (κ3) is 5.28. The molecular formula is C19H26N2O5. The molecule has 26 heavy (non-hydrogen) atoms. The van der Waals surface area contributed by atoms with Crippen LogP contribution in [0.15, 0.2) is 18.2 Å². The highest BCUT2D eigenvalue weighted by Gasteiger charge is 2.21. The van der Waals surface area contributed by atoms with Crippen molar-refractivity contribution >= 4 is 17.9 Å². The van der Waals surface area contributed by atoms with E-state index in [9.17, 15) is 19.7 Å². The van der Waals surface area contributed by atoms with Crippen LogP contribution in [0.4, 0.5) is 5.69 Å². The fraction of sp³-hybridized carbons (Fsp3) is 0.579. The summed E-state index contributed by atoms with van der Waals surface area (Å²) in [5, 5.41) is 10.9. The minimum atomic E-state index is -0.601. The van der Waals surface area contributed by atoms with E-state index in [1.807, 2.05) is 11.9 Å². The summed E-state index contributed by atoms with van der Waals surface area (Å²) < 4.78 is 5.52. The van der Waals surface area contributed by atoms with Crippen LogP contribution in [-0.4, -0.2) is 41.7 Å². The average Bonchev–Trinajstić information content (AvgIpc) is 2.67. The van der Waals surface area contributed by atoms with E-state index >= 15 is 0 Å². The smallest absolute Gasteiger partial charge is 0.283 e. The van der Waals surface area contributed by atoms with Crippen molar-refractivity contribution in [1.29, 1.82) is 0 Å². The van der Waals surface area contributed by atoms with Gasteiger partial charge in [0.25, 0.3) is 5.69 Å². The first-order valence-electron chi connectivity index (χ1n) is 9.15. The van der Waals surface area contributed by atoms with E-state index in [1.54, 1.807) is 6.07 Å². The minimum absolute atomic E-state index is 0.0504. The van der Waals surface area contributed by atoms with E-state index in [-0.39, 0.29) is 22.9 Å². The number of carbonyl (C=O) groups is 2. The topological polar surface area (TPSA) is 89.8 Å². The fourth-order valence-electron chi connectivity index (χ4n) is 3.34. The van der Waals surface area contributed by atoms with Gasteiger partial charge in [-0.3, -0.25) is 19.7 Å². The second-order valence-corrected chi connectivity index (χ2v) is 6.67. The summed E-state index contributed by atoms with van der Waals surface area (Å²) in [6.45, 7) is 0.308. The lowest BCUT2D eigenvalue weighted by Gasteiger charge is -2.31. The fourth-order valence-corrected chi connectivity index (χ4v) is 3.34. The van der Waals surface area contributed by atoms with Crippen molar-refractivity contribution in [2.24, 2.45) is 0 Å². The molecule has 1 aliphatic carbocycles. The summed E-state index contributed by atoms with van der Waals surface area (Å²) >= 11 is 0. The van der Waals surface area contributed by atoms with Crippen LogP contribution in [0.3, 0.4) is 0 Å². The third-order valence-electron chi connectivity index (χ3n) is 4.92. The molecule has 0 radical (unpaired) electrons. The highest BCUT2D eigenvalue weighted by molar-refractivity contribution is 5.85. The second-order valence-electron chi connectivity index (χ2n) is 6.67. The molecule has 0 aliphatic heterocycles.